The van der Waals surface area contributed by atoms with Gasteiger partial charge in [-0.1, -0.05) is 18.3 Å². The number of carbonyl (C=O) groups is 2. The van der Waals surface area contributed by atoms with Crippen LogP contribution in [-0.4, -0.2) is 38.1 Å². The molecule has 1 atom stereocenters. The topological polar surface area (TPSA) is 106 Å². The molecule has 8 nitrogen and oxygen atoms in total. The number of sulfonamides is 1. The molecule has 1 aromatic heterocycles. The Labute approximate surface area is 171 Å². The molecule has 4 rings (SSSR count). The first-order valence-electron chi connectivity index (χ1n) is 8.71. The predicted molar refractivity (Wildman–Crippen MR) is 111 cm³/mol. The first-order chi connectivity index (χ1) is 13.8. The smallest absolute Gasteiger partial charge is 0.257 e. The number of ether oxygens (including phenoxy) is 1. The average molecular weight is 431 g/mol. The zero-order valence-electron chi connectivity index (χ0n) is 15.6. The van der Waals surface area contributed by atoms with Crippen LogP contribution in [0, 0.1) is 5.92 Å². The summed E-state index contributed by atoms with van der Waals surface area (Å²) in [4.78, 5) is 29.1. The Bertz CT molecular complexity index is 1220. The largest absolute Gasteiger partial charge is 0.497 e. The average Bonchev–Trinajstić information content (AvgIpc) is 3.17. The van der Waals surface area contributed by atoms with E-state index in [1.807, 2.05) is 12.1 Å². The number of nitrogens with zero attached hydrogens (tertiary/aromatic N) is 2. The number of carbonyl (C=O) groups excluding carboxylic acids is 2. The summed E-state index contributed by atoms with van der Waals surface area (Å²) in [7, 11) is -2.10. The van der Waals surface area contributed by atoms with E-state index in [0.29, 0.717) is 16.4 Å². The minimum absolute atomic E-state index is 0.212. The second kappa shape index (κ2) is 7.12. The maximum Gasteiger partial charge on any atom is 0.257 e. The van der Waals surface area contributed by atoms with Gasteiger partial charge in [-0.2, -0.15) is 0 Å². The lowest BCUT2D eigenvalue weighted by molar-refractivity contribution is -0.119. The molecule has 1 N–H and O–H groups in total. The zero-order valence-corrected chi connectivity index (χ0v) is 17.2. The van der Waals surface area contributed by atoms with Crippen molar-refractivity contribution in [1.82, 2.24) is 4.98 Å². The van der Waals surface area contributed by atoms with Gasteiger partial charge in [-0.15, -0.1) is 0 Å². The van der Waals surface area contributed by atoms with Crippen molar-refractivity contribution in [2.45, 2.75) is 6.92 Å². The van der Waals surface area contributed by atoms with Gasteiger partial charge in [-0.05, 0) is 42.5 Å². The molecule has 2 amide bonds. The second-order valence-corrected chi connectivity index (χ2v) is 9.53. The van der Waals surface area contributed by atoms with Crippen LogP contribution in [0.2, 0.25) is 0 Å². The number of thiazole rings is 1. The van der Waals surface area contributed by atoms with Gasteiger partial charge in [0.05, 0.1) is 34.7 Å². The summed E-state index contributed by atoms with van der Waals surface area (Å²) in [5.74, 6) is -0.939. The number of hydrogen-bond donors (Lipinski definition) is 1. The van der Waals surface area contributed by atoms with Gasteiger partial charge in [0.25, 0.3) is 5.91 Å². The molecule has 2 aromatic carbocycles. The fraction of sp³-hybridized carbons (Fsp3) is 0.211. The number of fused-ring (bicyclic) bond motifs is 1. The van der Waals surface area contributed by atoms with Crippen molar-refractivity contribution in [2.24, 2.45) is 5.92 Å². The molecule has 3 aromatic rings. The van der Waals surface area contributed by atoms with E-state index in [2.05, 4.69) is 10.3 Å². The zero-order chi connectivity index (χ0) is 20.8. The summed E-state index contributed by atoms with van der Waals surface area (Å²) < 4.78 is 31.2. The van der Waals surface area contributed by atoms with Crippen LogP contribution in [0.3, 0.4) is 0 Å². The lowest BCUT2D eigenvalue weighted by Gasteiger charge is -2.15. The van der Waals surface area contributed by atoms with Crippen LogP contribution >= 0.6 is 11.3 Å². The van der Waals surface area contributed by atoms with Gasteiger partial charge in [-0.3, -0.25) is 14.9 Å². The minimum Gasteiger partial charge on any atom is -0.497 e. The third kappa shape index (κ3) is 3.56. The van der Waals surface area contributed by atoms with Crippen molar-refractivity contribution in [3.05, 3.63) is 48.0 Å². The van der Waals surface area contributed by atoms with Crippen LogP contribution in [0.15, 0.2) is 42.5 Å². The van der Waals surface area contributed by atoms with Crippen LogP contribution in [-0.2, 0) is 14.8 Å². The van der Waals surface area contributed by atoms with Gasteiger partial charge in [0.15, 0.2) is 5.13 Å². The first kappa shape index (κ1) is 19.3. The van der Waals surface area contributed by atoms with E-state index in [-0.39, 0.29) is 17.3 Å². The Balaban J connectivity index is 1.53. The molecule has 0 radical (unpaired) electrons. The fourth-order valence-electron chi connectivity index (χ4n) is 3.09. The highest BCUT2D eigenvalue weighted by Crippen LogP contribution is 2.30. The summed E-state index contributed by atoms with van der Waals surface area (Å²) in [6, 6.07) is 11.3. The lowest BCUT2D eigenvalue weighted by atomic mass is 10.1. The molecule has 1 saturated heterocycles. The Morgan fingerprint density at radius 3 is 2.59 bits per heavy atom. The Kier molecular flexibility index (Phi) is 4.75. The molecule has 0 aliphatic carbocycles. The van der Waals surface area contributed by atoms with Crippen molar-refractivity contribution in [3.63, 3.8) is 0 Å². The van der Waals surface area contributed by atoms with Crippen molar-refractivity contribution >= 4 is 54.2 Å². The number of benzene rings is 2. The summed E-state index contributed by atoms with van der Waals surface area (Å²) >= 11 is 1.32. The van der Waals surface area contributed by atoms with Crippen LogP contribution < -0.4 is 14.4 Å². The highest BCUT2D eigenvalue weighted by atomic mass is 32.2. The summed E-state index contributed by atoms with van der Waals surface area (Å²) in [6.07, 6.45) is 0. The van der Waals surface area contributed by atoms with E-state index in [4.69, 9.17) is 4.74 Å². The van der Waals surface area contributed by atoms with Crippen LogP contribution in [0.5, 0.6) is 5.75 Å². The van der Waals surface area contributed by atoms with Crippen LogP contribution in [0.4, 0.5) is 10.8 Å². The van der Waals surface area contributed by atoms with Crippen molar-refractivity contribution in [1.29, 1.82) is 0 Å². The van der Waals surface area contributed by atoms with Crippen molar-refractivity contribution in [3.8, 4) is 5.75 Å². The lowest BCUT2D eigenvalue weighted by Crippen LogP contribution is -2.30. The van der Waals surface area contributed by atoms with E-state index in [1.54, 1.807) is 20.1 Å². The highest BCUT2D eigenvalue weighted by Gasteiger charge is 2.41. The Hall–Kier alpha value is -2.98. The van der Waals surface area contributed by atoms with E-state index >= 15 is 0 Å². The number of aromatic nitrogens is 1. The standard InChI is InChI=1S/C19H17N3O5S2/c1-11-10-29(25,26)22(18(11)24)13-5-3-12(4-6-13)17(23)21-19-20-15-8-7-14(27-2)9-16(15)28-19/h3-9,11H,10H2,1-2H3,(H,20,21,23). The molecule has 1 aliphatic rings. The monoisotopic (exact) mass is 431 g/mol. The van der Waals surface area contributed by atoms with Crippen LogP contribution in [0.25, 0.3) is 10.2 Å². The number of amides is 2. The normalized spacial score (nSPS) is 18.2. The van der Waals surface area contributed by atoms with E-state index < -0.39 is 21.8 Å². The molecule has 1 aliphatic heterocycles. The third-order valence-electron chi connectivity index (χ3n) is 4.54. The molecule has 0 saturated carbocycles. The molecule has 10 heteroatoms. The number of nitrogens with one attached hydrogen (secondary N) is 1. The van der Waals surface area contributed by atoms with E-state index in [9.17, 15) is 18.0 Å². The summed E-state index contributed by atoms with van der Waals surface area (Å²) in [5.41, 5.74) is 1.29. The number of hydrogen-bond acceptors (Lipinski definition) is 7. The maximum atomic E-state index is 12.5. The molecular weight excluding hydrogens is 414 g/mol. The van der Waals surface area contributed by atoms with Gasteiger partial charge < -0.3 is 4.74 Å². The van der Waals surface area contributed by atoms with Gasteiger partial charge in [-0.25, -0.2) is 17.7 Å². The van der Waals surface area contributed by atoms with Crippen molar-refractivity contribution in [2.75, 3.05) is 22.5 Å². The molecule has 150 valence electrons. The second-order valence-electron chi connectivity index (χ2n) is 6.64. The molecule has 2 heterocycles. The van der Waals surface area contributed by atoms with Gasteiger partial charge in [0.1, 0.15) is 5.75 Å². The minimum atomic E-state index is -3.68. The SMILES string of the molecule is COc1ccc2nc(NC(=O)c3ccc(N4C(=O)C(C)CS4(=O)=O)cc3)sc2c1. The molecule has 0 spiro atoms. The number of anilines is 2. The third-order valence-corrected chi connectivity index (χ3v) is 7.34. The molecule has 0 bridgehead atoms. The quantitative estimate of drug-likeness (QED) is 0.681. The van der Waals surface area contributed by atoms with E-state index in [0.717, 1.165) is 14.5 Å². The Morgan fingerprint density at radius 1 is 1.24 bits per heavy atom. The first-order valence-corrected chi connectivity index (χ1v) is 11.1. The predicted octanol–water partition coefficient (Wildman–Crippen LogP) is 2.87. The molecular formula is C19H17N3O5S2. The molecule has 1 fully saturated rings. The van der Waals surface area contributed by atoms with Gasteiger partial charge in [0, 0.05) is 5.56 Å². The summed E-state index contributed by atoms with van der Waals surface area (Å²) in [5, 5.41) is 3.17. The highest BCUT2D eigenvalue weighted by molar-refractivity contribution is 7.94. The van der Waals surface area contributed by atoms with Crippen LogP contribution in [0.1, 0.15) is 17.3 Å². The number of methoxy groups -OCH3 is 1. The number of rotatable bonds is 4. The van der Waals surface area contributed by atoms with E-state index in [1.165, 1.54) is 35.6 Å². The van der Waals surface area contributed by atoms with Crippen molar-refractivity contribution < 1.29 is 22.7 Å². The molecule has 1 unspecified atom stereocenters. The Morgan fingerprint density at radius 2 is 1.97 bits per heavy atom. The summed E-state index contributed by atoms with van der Waals surface area (Å²) in [6.45, 7) is 1.58. The van der Waals surface area contributed by atoms with Gasteiger partial charge in [0.2, 0.25) is 15.9 Å². The van der Waals surface area contributed by atoms with Gasteiger partial charge >= 0.3 is 0 Å². The maximum absolute atomic E-state index is 12.5. The molecule has 29 heavy (non-hydrogen) atoms. The fourth-order valence-corrected chi connectivity index (χ4v) is 5.80.